The molecule has 2 heterocycles. The molecule has 0 atom stereocenters. The Morgan fingerprint density at radius 2 is 1.05 bits per heavy atom. The molecule has 0 saturated heterocycles. The predicted molar refractivity (Wildman–Crippen MR) is 181 cm³/mol. The van der Waals surface area contributed by atoms with E-state index < -0.39 is 0 Å². The monoisotopic (exact) mass is 549 g/mol. The highest BCUT2D eigenvalue weighted by molar-refractivity contribution is 6.39. The molecular formula is C40H27N3. The van der Waals surface area contributed by atoms with Crippen molar-refractivity contribution < 1.29 is 0 Å². The van der Waals surface area contributed by atoms with Crippen molar-refractivity contribution in [1.29, 1.82) is 0 Å². The Balaban J connectivity index is 1.37. The van der Waals surface area contributed by atoms with Crippen molar-refractivity contribution in [3.8, 4) is 22.4 Å². The number of H-pyrrole nitrogens is 1. The molecule has 0 fully saturated rings. The van der Waals surface area contributed by atoms with E-state index in [9.17, 15) is 0 Å². The van der Waals surface area contributed by atoms with E-state index in [4.69, 9.17) is 9.98 Å². The van der Waals surface area contributed by atoms with Gasteiger partial charge in [0.1, 0.15) is 5.82 Å². The number of fused-ring (bicyclic) bond motifs is 2. The Morgan fingerprint density at radius 3 is 1.74 bits per heavy atom. The summed E-state index contributed by atoms with van der Waals surface area (Å²) in [6.07, 6.45) is 2.18. The van der Waals surface area contributed by atoms with Gasteiger partial charge in [-0.3, -0.25) is 0 Å². The number of nitrogens with one attached hydrogen (secondary N) is 1. The number of hydrogen-bond donors (Lipinski definition) is 1. The Bertz CT molecular complexity index is 2210. The van der Waals surface area contributed by atoms with Crippen LogP contribution in [0.3, 0.4) is 0 Å². The quantitative estimate of drug-likeness (QED) is 0.222. The van der Waals surface area contributed by atoms with Gasteiger partial charge in [0.25, 0.3) is 0 Å². The fraction of sp³-hybridized carbons (Fsp3) is 0. The van der Waals surface area contributed by atoms with Crippen LogP contribution in [0.15, 0.2) is 168 Å². The molecule has 7 aromatic rings. The third kappa shape index (κ3) is 4.58. The molecule has 8 rings (SSSR count). The van der Waals surface area contributed by atoms with Gasteiger partial charge in [0.15, 0.2) is 5.84 Å². The van der Waals surface area contributed by atoms with E-state index in [2.05, 4.69) is 138 Å². The maximum absolute atomic E-state index is 5.33. The largest absolute Gasteiger partial charge is 0.339 e. The normalized spacial score (nSPS) is 13.9. The second-order valence-electron chi connectivity index (χ2n) is 10.7. The second-order valence-corrected chi connectivity index (χ2v) is 10.7. The number of rotatable bonds is 5. The molecule has 0 amide bonds. The molecule has 0 spiro atoms. The second kappa shape index (κ2) is 10.6. The van der Waals surface area contributed by atoms with Crippen molar-refractivity contribution in [2.75, 3.05) is 0 Å². The first-order valence-corrected chi connectivity index (χ1v) is 14.5. The summed E-state index contributed by atoms with van der Waals surface area (Å²) in [5, 5.41) is 4.76. The molecule has 0 unspecified atom stereocenters. The molecule has 1 aromatic heterocycles. The van der Waals surface area contributed by atoms with E-state index in [1.54, 1.807) is 0 Å². The van der Waals surface area contributed by atoms with Crippen LogP contribution in [0.2, 0.25) is 0 Å². The molecule has 202 valence electrons. The van der Waals surface area contributed by atoms with Crippen molar-refractivity contribution in [1.82, 2.24) is 4.98 Å². The zero-order valence-electron chi connectivity index (χ0n) is 23.4. The average Bonchev–Trinajstić information content (AvgIpc) is 3.70. The molecule has 3 nitrogen and oxygen atoms in total. The van der Waals surface area contributed by atoms with Gasteiger partial charge in [-0.2, -0.15) is 0 Å². The summed E-state index contributed by atoms with van der Waals surface area (Å²) in [6.45, 7) is 0. The maximum atomic E-state index is 5.33. The van der Waals surface area contributed by atoms with Crippen LogP contribution in [0.25, 0.3) is 49.5 Å². The molecule has 6 aromatic carbocycles. The molecule has 0 bridgehead atoms. The minimum atomic E-state index is 0.693. The van der Waals surface area contributed by atoms with Gasteiger partial charge in [-0.05, 0) is 50.4 Å². The fourth-order valence-electron chi connectivity index (χ4n) is 5.98. The van der Waals surface area contributed by atoms with Gasteiger partial charge in [-0.25, -0.2) is 9.98 Å². The summed E-state index contributed by atoms with van der Waals surface area (Å²) in [4.78, 5) is 14.2. The Morgan fingerprint density at radius 1 is 0.488 bits per heavy atom. The number of benzene rings is 6. The van der Waals surface area contributed by atoms with Crippen molar-refractivity contribution in [3.05, 3.63) is 169 Å². The van der Waals surface area contributed by atoms with Crippen molar-refractivity contribution >= 4 is 44.5 Å². The summed E-state index contributed by atoms with van der Waals surface area (Å²) >= 11 is 0. The van der Waals surface area contributed by atoms with Gasteiger partial charge in [0, 0.05) is 22.4 Å². The van der Waals surface area contributed by atoms with E-state index in [-0.39, 0.29) is 0 Å². The number of aromatic nitrogens is 1. The van der Waals surface area contributed by atoms with Crippen LogP contribution in [-0.4, -0.2) is 16.5 Å². The van der Waals surface area contributed by atoms with Gasteiger partial charge < -0.3 is 4.98 Å². The first kappa shape index (κ1) is 25.0. The van der Waals surface area contributed by atoms with Crippen LogP contribution in [-0.2, 0) is 0 Å². The minimum Gasteiger partial charge on any atom is -0.339 e. The molecule has 0 saturated carbocycles. The van der Waals surface area contributed by atoms with Crippen LogP contribution in [0.5, 0.6) is 0 Å². The van der Waals surface area contributed by atoms with Crippen molar-refractivity contribution in [2.45, 2.75) is 0 Å². The number of aliphatic imine (C=N–C) groups is 2. The summed E-state index contributed by atoms with van der Waals surface area (Å²) in [7, 11) is 0. The van der Waals surface area contributed by atoms with E-state index >= 15 is 0 Å². The number of hydrogen-bond acceptors (Lipinski definition) is 1. The predicted octanol–water partition coefficient (Wildman–Crippen LogP) is 10.3. The van der Waals surface area contributed by atoms with Gasteiger partial charge in [0.05, 0.1) is 5.71 Å². The zero-order valence-corrected chi connectivity index (χ0v) is 23.4. The van der Waals surface area contributed by atoms with Crippen LogP contribution in [0.4, 0.5) is 5.82 Å². The number of nitrogens with zero attached hydrogens (tertiary/aromatic N) is 2. The van der Waals surface area contributed by atoms with Gasteiger partial charge in [-0.1, -0.05) is 146 Å². The number of allylic oxidation sites excluding steroid dienone is 1. The lowest BCUT2D eigenvalue weighted by molar-refractivity contribution is 1.33. The molecule has 1 aliphatic heterocycles. The van der Waals surface area contributed by atoms with Crippen molar-refractivity contribution in [2.24, 2.45) is 9.98 Å². The Hall–Kier alpha value is -5.80. The van der Waals surface area contributed by atoms with E-state index in [1.165, 1.54) is 21.5 Å². The third-order valence-corrected chi connectivity index (χ3v) is 8.08. The van der Waals surface area contributed by atoms with Crippen LogP contribution in [0.1, 0.15) is 11.1 Å². The molecule has 1 N–H and O–H groups in total. The molecule has 0 aliphatic carbocycles. The summed E-state index contributed by atoms with van der Waals surface area (Å²) in [5.74, 6) is 1.48. The highest BCUT2D eigenvalue weighted by Gasteiger charge is 2.22. The topological polar surface area (TPSA) is 40.5 Å². The van der Waals surface area contributed by atoms with Gasteiger partial charge in [0.2, 0.25) is 0 Å². The van der Waals surface area contributed by atoms with Crippen LogP contribution in [0, 0.1) is 0 Å². The molecule has 3 heteroatoms. The molecule has 0 radical (unpaired) electrons. The average molecular weight is 550 g/mol. The van der Waals surface area contributed by atoms with Gasteiger partial charge >= 0.3 is 0 Å². The van der Waals surface area contributed by atoms with E-state index in [1.807, 2.05) is 24.3 Å². The highest BCUT2D eigenvalue weighted by Crippen LogP contribution is 2.40. The first-order chi connectivity index (χ1) is 21.3. The van der Waals surface area contributed by atoms with Gasteiger partial charge in [-0.15, -0.1) is 0 Å². The van der Waals surface area contributed by atoms with E-state index in [0.717, 1.165) is 50.6 Å². The fourth-order valence-corrected chi connectivity index (χ4v) is 5.98. The Labute approximate surface area is 250 Å². The first-order valence-electron chi connectivity index (χ1n) is 14.5. The lowest BCUT2D eigenvalue weighted by Crippen LogP contribution is -1.97. The summed E-state index contributed by atoms with van der Waals surface area (Å²) in [6, 6.07) is 52.9. The number of amidine groups is 1. The smallest absolute Gasteiger partial charge is 0.162 e. The maximum Gasteiger partial charge on any atom is 0.162 e. The van der Waals surface area contributed by atoms with Crippen LogP contribution < -0.4 is 0 Å². The SMILES string of the molecule is C1=C(c2cccc3ccccc23)/C(=N/c2[nH]c(-c3ccccc3)cc2-c2cccc3ccccc23)N=C1c1ccccc1. The molecule has 1 aliphatic rings. The number of aromatic amines is 1. The van der Waals surface area contributed by atoms with Crippen LogP contribution >= 0.6 is 0 Å². The zero-order chi connectivity index (χ0) is 28.6. The molecule has 43 heavy (non-hydrogen) atoms. The Kier molecular flexibility index (Phi) is 6.12. The highest BCUT2D eigenvalue weighted by atomic mass is 15.0. The molecular weight excluding hydrogens is 522 g/mol. The third-order valence-electron chi connectivity index (χ3n) is 8.08. The van der Waals surface area contributed by atoms with Crippen molar-refractivity contribution in [3.63, 3.8) is 0 Å². The minimum absolute atomic E-state index is 0.693. The van der Waals surface area contributed by atoms with E-state index in [0.29, 0.717) is 5.84 Å². The lowest BCUT2D eigenvalue weighted by Gasteiger charge is -2.09. The lowest BCUT2D eigenvalue weighted by atomic mass is 9.97. The standard InChI is InChI=1S/C40H27N3/c1-3-15-29(16-4-1)37-25-35(33-23-11-19-27-13-7-9-21-31(27)33)39(41-37)43-40-36(26-38(42-40)30-17-5-2-6-18-30)34-24-12-20-28-14-8-10-22-32(28)34/h1-26,41H/b43-40-. The summed E-state index contributed by atoms with van der Waals surface area (Å²) in [5.41, 5.74) is 8.41. The summed E-state index contributed by atoms with van der Waals surface area (Å²) < 4.78 is 0.